The molecule has 0 bridgehead atoms. The van der Waals surface area contributed by atoms with Crippen LogP contribution in [0.15, 0.2) is 24.3 Å². The number of ether oxygens (including phenoxy) is 2. The Morgan fingerprint density at radius 1 is 1.32 bits per heavy atom. The molecule has 0 saturated heterocycles. The predicted molar refractivity (Wildman–Crippen MR) is 75.0 cm³/mol. The van der Waals surface area contributed by atoms with Crippen molar-refractivity contribution in [2.45, 2.75) is 57.0 Å². The normalized spacial score (nSPS) is 33.6. The van der Waals surface area contributed by atoms with Gasteiger partial charge in [-0.15, -0.1) is 0 Å². The highest BCUT2D eigenvalue weighted by molar-refractivity contribution is 5.31. The van der Waals surface area contributed by atoms with Crippen molar-refractivity contribution in [1.29, 1.82) is 0 Å². The van der Waals surface area contributed by atoms with Crippen LogP contribution in [0.1, 0.15) is 43.4 Å². The quantitative estimate of drug-likeness (QED) is 0.906. The van der Waals surface area contributed by atoms with Gasteiger partial charge >= 0.3 is 0 Å². The summed E-state index contributed by atoms with van der Waals surface area (Å²) in [5, 5.41) is 0. The van der Waals surface area contributed by atoms with E-state index in [4.69, 9.17) is 15.2 Å². The van der Waals surface area contributed by atoms with Crippen LogP contribution in [-0.2, 0) is 15.9 Å². The Hall–Kier alpha value is -0.900. The summed E-state index contributed by atoms with van der Waals surface area (Å²) >= 11 is 0. The second kappa shape index (κ2) is 5.61. The molecule has 1 fully saturated rings. The number of aryl methyl sites for hydroxylation is 1. The van der Waals surface area contributed by atoms with Crippen molar-refractivity contribution in [2.24, 2.45) is 5.73 Å². The fourth-order valence-electron chi connectivity index (χ4n) is 3.23. The van der Waals surface area contributed by atoms with Gasteiger partial charge in [-0.05, 0) is 43.7 Å². The first-order chi connectivity index (χ1) is 9.29. The third-order valence-corrected chi connectivity index (χ3v) is 4.31. The van der Waals surface area contributed by atoms with Crippen LogP contribution in [0.25, 0.3) is 0 Å². The van der Waals surface area contributed by atoms with E-state index in [1.807, 2.05) is 6.92 Å². The van der Waals surface area contributed by atoms with Gasteiger partial charge in [-0.3, -0.25) is 0 Å². The van der Waals surface area contributed by atoms with E-state index >= 15 is 0 Å². The van der Waals surface area contributed by atoms with Gasteiger partial charge in [0.1, 0.15) is 0 Å². The van der Waals surface area contributed by atoms with E-state index in [1.54, 1.807) is 0 Å². The number of hydrogen-bond donors (Lipinski definition) is 1. The molecule has 0 amide bonds. The van der Waals surface area contributed by atoms with Crippen LogP contribution < -0.4 is 5.73 Å². The summed E-state index contributed by atoms with van der Waals surface area (Å²) < 4.78 is 12.0. The monoisotopic (exact) mass is 261 g/mol. The standard InChI is InChI=1S/C16H23NO2/c1-2-18-16-13(17)10-15(16)19-14-9-5-7-11-6-3-4-8-12(11)14/h3-4,6,8,13-16H,2,5,7,9-10,17H2,1H3. The first kappa shape index (κ1) is 13.1. The zero-order valence-electron chi connectivity index (χ0n) is 11.5. The number of benzene rings is 1. The Labute approximate surface area is 115 Å². The highest BCUT2D eigenvalue weighted by atomic mass is 16.6. The third-order valence-electron chi connectivity index (χ3n) is 4.31. The topological polar surface area (TPSA) is 44.5 Å². The van der Waals surface area contributed by atoms with E-state index in [-0.39, 0.29) is 24.4 Å². The lowest BCUT2D eigenvalue weighted by atomic mass is 9.84. The molecule has 0 aromatic heterocycles. The van der Waals surface area contributed by atoms with Gasteiger partial charge < -0.3 is 15.2 Å². The molecule has 0 spiro atoms. The molecule has 19 heavy (non-hydrogen) atoms. The van der Waals surface area contributed by atoms with Gasteiger partial charge in [0.05, 0.1) is 18.3 Å². The molecule has 0 radical (unpaired) electrons. The van der Waals surface area contributed by atoms with Crippen LogP contribution in [0, 0.1) is 0 Å². The Kier molecular flexibility index (Phi) is 3.87. The maximum absolute atomic E-state index is 6.28. The first-order valence-corrected chi connectivity index (χ1v) is 7.40. The molecule has 104 valence electrons. The number of fused-ring (bicyclic) bond motifs is 1. The molecule has 3 nitrogen and oxygen atoms in total. The number of hydrogen-bond acceptors (Lipinski definition) is 3. The van der Waals surface area contributed by atoms with Gasteiger partial charge in [-0.2, -0.15) is 0 Å². The Morgan fingerprint density at radius 2 is 2.16 bits per heavy atom. The third kappa shape index (κ3) is 2.55. The predicted octanol–water partition coefficient (Wildman–Crippen LogP) is 2.59. The minimum atomic E-state index is 0.0825. The van der Waals surface area contributed by atoms with Crippen LogP contribution >= 0.6 is 0 Å². The molecule has 3 heteroatoms. The van der Waals surface area contributed by atoms with Crippen LogP contribution in [0.4, 0.5) is 0 Å². The molecule has 2 N–H and O–H groups in total. The molecule has 1 aromatic rings. The molecular weight excluding hydrogens is 238 g/mol. The SMILES string of the molecule is CCOC1C(N)CC1OC1CCCc2ccccc21. The smallest absolute Gasteiger partial charge is 0.0988 e. The molecule has 0 aliphatic heterocycles. The van der Waals surface area contributed by atoms with E-state index in [0.29, 0.717) is 6.61 Å². The molecular formula is C16H23NO2. The molecule has 4 unspecified atom stereocenters. The Morgan fingerprint density at radius 3 is 2.95 bits per heavy atom. The molecule has 1 aromatic carbocycles. The second-order valence-corrected chi connectivity index (χ2v) is 5.57. The van der Waals surface area contributed by atoms with E-state index in [1.165, 1.54) is 24.0 Å². The summed E-state index contributed by atoms with van der Waals surface area (Å²) in [6, 6.07) is 8.78. The molecule has 0 heterocycles. The lowest BCUT2D eigenvalue weighted by Crippen LogP contribution is -2.58. The summed E-state index contributed by atoms with van der Waals surface area (Å²) in [5.41, 5.74) is 8.80. The zero-order chi connectivity index (χ0) is 13.2. The van der Waals surface area contributed by atoms with Gasteiger partial charge in [-0.25, -0.2) is 0 Å². The van der Waals surface area contributed by atoms with Crippen LogP contribution in [0.3, 0.4) is 0 Å². The van der Waals surface area contributed by atoms with E-state index in [2.05, 4.69) is 24.3 Å². The molecule has 3 rings (SSSR count). The Balaban J connectivity index is 1.68. The van der Waals surface area contributed by atoms with Crippen LogP contribution in [0.2, 0.25) is 0 Å². The minimum Gasteiger partial charge on any atom is -0.374 e. The molecule has 4 atom stereocenters. The van der Waals surface area contributed by atoms with Crippen molar-refractivity contribution >= 4 is 0 Å². The lowest BCUT2D eigenvalue weighted by Gasteiger charge is -2.44. The maximum Gasteiger partial charge on any atom is 0.0988 e. The highest BCUT2D eigenvalue weighted by Crippen LogP contribution is 2.37. The summed E-state index contributed by atoms with van der Waals surface area (Å²) in [5.74, 6) is 0. The first-order valence-electron chi connectivity index (χ1n) is 7.40. The van der Waals surface area contributed by atoms with Crippen molar-refractivity contribution in [3.63, 3.8) is 0 Å². The summed E-state index contributed by atoms with van der Waals surface area (Å²) in [6.07, 6.45) is 4.90. The van der Waals surface area contributed by atoms with Gasteiger partial charge in [0.15, 0.2) is 0 Å². The van der Waals surface area contributed by atoms with E-state index < -0.39 is 0 Å². The highest BCUT2D eigenvalue weighted by Gasteiger charge is 2.42. The van der Waals surface area contributed by atoms with Crippen molar-refractivity contribution in [3.8, 4) is 0 Å². The Bertz CT molecular complexity index is 435. The van der Waals surface area contributed by atoms with Gasteiger partial charge in [0, 0.05) is 12.6 Å². The average Bonchev–Trinajstić information content (AvgIpc) is 2.45. The average molecular weight is 261 g/mol. The van der Waals surface area contributed by atoms with E-state index in [9.17, 15) is 0 Å². The largest absolute Gasteiger partial charge is 0.374 e. The van der Waals surface area contributed by atoms with E-state index in [0.717, 1.165) is 12.8 Å². The molecule has 2 aliphatic carbocycles. The second-order valence-electron chi connectivity index (χ2n) is 5.57. The number of nitrogens with two attached hydrogens (primary N) is 1. The molecule has 1 saturated carbocycles. The van der Waals surface area contributed by atoms with Crippen molar-refractivity contribution in [3.05, 3.63) is 35.4 Å². The zero-order valence-corrected chi connectivity index (χ0v) is 11.5. The van der Waals surface area contributed by atoms with Crippen molar-refractivity contribution < 1.29 is 9.47 Å². The lowest BCUT2D eigenvalue weighted by molar-refractivity contribution is -0.163. The summed E-state index contributed by atoms with van der Waals surface area (Å²) in [6.45, 7) is 2.72. The fourth-order valence-corrected chi connectivity index (χ4v) is 3.23. The summed E-state index contributed by atoms with van der Waals surface area (Å²) in [7, 11) is 0. The number of rotatable bonds is 4. The van der Waals surface area contributed by atoms with Crippen LogP contribution in [0.5, 0.6) is 0 Å². The van der Waals surface area contributed by atoms with Gasteiger partial charge in [0.25, 0.3) is 0 Å². The van der Waals surface area contributed by atoms with Crippen molar-refractivity contribution in [1.82, 2.24) is 0 Å². The van der Waals surface area contributed by atoms with Gasteiger partial charge in [0.2, 0.25) is 0 Å². The maximum atomic E-state index is 6.28. The molecule has 2 aliphatic rings. The van der Waals surface area contributed by atoms with Crippen molar-refractivity contribution in [2.75, 3.05) is 6.61 Å². The van der Waals surface area contributed by atoms with Crippen LogP contribution in [-0.4, -0.2) is 24.9 Å². The fraction of sp³-hybridized carbons (Fsp3) is 0.625. The van der Waals surface area contributed by atoms with Gasteiger partial charge in [-0.1, -0.05) is 24.3 Å². The summed E-state index contributed by atoms with van der Waals surface area (Å²) in [4.78, 5) is 0. The minimum absolute atomic E-state index is 0.0825.